The second-order valence-electron chi connectivity index (χ2n) is 6.95. The fraction of sp³-hybridized carbons (Fsp3) is 0.550. The number of alkyl halides is 3. The van der Waals surface area contributed by atoms with Crippen molar-refractivity contribution in [2.24, 2.45) is 0 Å². The molecule has 166 valence electrons. The number of para-hydroxylation sites is 1. The fourth-order valence-corrected chi connectivity index (χ4v) is 3.24. The number of ether oxygens (including phenoxy) is 1. The number of ketones is 1. The van der Waals surface area contributed by atoms with Crippen molar-refractivity contribution < 1.29 is 37.4 Å². The van der Waals surface area contributed by atoms with Gasteiger partial charge < -0.3 is 14.7 Å². The van der Waals surface area contributed by atoms with Gasteiger partial charge in [0.25, 0.3) is 0 Å². The highest BCUT2D eigenvalue weighted by Gasteiger charge is 2.38. The van der Waals surface area contributed by atoms with E-state index >= 15 is 0 Å². The van der Waals surface area contributed by atoms with Gasteiger partial charge in [0.05, 0.1) is 18.9 Å². The van der Waals surface area contributed by atoms with Crippen molar-refractivity contribution in [1.29, 1.82) is 0 Å². The minimum Gasteiger partial charge on any atom is -0.475 e. The first kappa shape index (κ1) is 23.8. The van der Waals surface area contributed by atoms with Gasteiger partial charge in [-0.2, -0.15) is 13.2 Å². The summed E-state index contributed by atoms with van der Waals surface area (Å²) in [7, 11) is 0. The average molecular weight is 430 g/mol. The van der Waals surface area contributed by atoms with E-state index in [0.29, 0.717) is 24.9 Å². The van der Waals surface area contributed by atoms with Crippen LogP contribution >= 0.6 is 0 Å². The number of anilines is 1. The van der Waals surface area contributed by atoms with Gasteiger partial charge in [0.2, 0.25) is 5.91 Å². The molecule has 1 fully saturated rings. The maximum atomic E-state index is 12.4. The van der Waals surface area contributed by atoms with Crippen LogP contribution in [0.15, 0.2) is 24.3 Å². The number of carbonyl (C=O) groups is 3. The van der Waals surface area contributed by atoms with Crippen LogP contribution in [-0.2, 0) is 14.3 Å². The molecule has 1 aromatic rings. The number of unbranched alkanes of at least 4 members (excludes halogenated alkanes) is 1. The van der Waals surface area contributed by atoms with Crippen LogP contribution in [0.5, 0.6) is 0 Å². The van der Waals surface area contributed by atoms with Crippen LogP contribution in [0.3, 0.4) is 0 Å². The van der Waals surface area contributed by atoms with E-state index in [4.69, 9.17) is 14.6 Å². The molecule has 1 aromatic carbocycles. The highest BCUT2D eigenvalue weighted by molar-refractivity contribution is 6.10. The number of carboxylic acids is 1. The Kier molecular flexibility index (Phi) is 8.79. The van der Waals surface area contributed by atoms with Crippen molar-refractivity contribution in [3.8, 4) is 0 Å². The van der Waals surface area contributed by atoms with E-state index in [1.54, 1.807) is 4.90 Å². The number of hydrogen-bond donors (Lipinski definition) is 1. The van der Waals surface area contributed by atoms with Gasteiger partial charge in [-0.15, -0.1) is 0 Å². The second kappa shape index (κ2) is 11.1. The van der Waals surface area contributed by atoms with E-state index in [9.17, 15) is 22.8 Å². The Hall–Kier alpha value is -2.46. The molecule has 1 saturated heterocycles. The second-order valence-corrected chi connectivity index (χ2v) is 6.95. The molecule has 3 rings (SSSR count). The minimum atomic E-state index is -5.08. The first-order chi connectivity index (χ1) is 14.2. The molecule has 0 aromatic heterocycles. The number of aliphatic carboxylic acids is 1. The number of halogens is 3. The highest BCUT2D eigenvalue weighted by atomic mass is 19.4. The van der Waals surface area contributed by atoms with Gasteiger partial charge in [0.1, 0.15) is 0 Å². The lowest BCUT2D eigenvalue weighted by molar-refractivity contribution is -0.192. The van der Waals surface area contributed by atoms with Crippen molar-refractivity contribution in [3.63, 3.8) is 0 Å². The van der Waals surface area contributed by atoms with Gasteiger partial charge in [-0.05, 0) is 31.5 Å². The summed E-state index contributed by atoms with van der Waals surface area (Å²) in [5.41, 5.74) is 1.47. The molecule has 1 N–H and O–H groups in total. The number of morpholine rings is 1. The zero-order valence-corrected chi connectivity index (χ0v) is 16.5. The van der Waals surface area contributed by atoms with Crippen LogP contribution in [-0.4, -0.2) is 73.2 Å². The van der Waals surface area contributed by atoms with Gasteiger partial charge in [-0.3, -0.25) is 14.5 Å². The van der Waals surface area contributed by atoms with E-state index in [2.05, 4.69) is 4.90 Å². The Morgan fingerprint density at radius 2 is 1.63 bits per heavy atom. The molecule has 7 nitrogen and oxygen atoms in total. The molecule has 1 amide bonds. The topological polar surface area (TPSA) is 87.1 Å². The summed E-state index contributed by atoms with van der Waals surface area (Å²) in [5, 5.41) is 7.12. The largest absolute Gasteiger partial charge is 0.490 e. The Morgan fingerprint density at radius 3 is 2.27 bits per heavy atom. The highest BCUT2D eigenvalue weighted by Crippen LogP contribution is 2.27. The molecule has 30 heavy (non-hydrogen) atoms. The van der Waals surface area contributed by atoms with Crippen LogP contribution in [0.1, 0.15) is 36.0 Å². The Morgan fingerprint density at radius 1 is 1.03 bits per heavy atom. The molecule has 0 atom stereocenters. The molecule has 2 aliphatic rings. The summed E-state index contributed by atoms with van der Waals surface area (Å²) in [6.07, 6.45) is -2.44. The van der Waals surface area contributed by atoms with E-state index in [0.717, 1.165) is 51.4 Å². The van der Waals surface area contributed by atoms with Gasteiger partial charge in [0, 0.05) is 38.0 Å². The summed E-state index contributed by atoms with van der Waals surface area (Å²) < 4.78 is 37.1. The average Bonchev–Trinajstić information content (AvgIpc) is 2.83. The maximum absolute atomic E-state index is 12.4. The Bertz CT molecular complexity index is 748. The van der Waals surface area contributed by atoms with Crippen molar-refractivity contribution in [2.45, 2.75) is 31.9 Å². The Balaban J connectivity index is 0.000000396. The van der Waals surface area contributed by atoms with Gasteiger partial charge >= 0.3 is 12.1 Å². The first-order valence-corrected chi connectivity index (χ1v) is 9.73. The molecular weight excluding hydrogens is 405 g/mol. The van der Waals surface area contributed by atoms with E-state index in [1.807, 2.05) is 24.3 Å². The minimum absolute atomic E-state index is 0.0645. The van der Waals surface area contributed by atoms with Crippen LogP contribution in [0.4, 0.5) is 18.9 Å². The van der Waals surface area contributed by atoms with Crippen molar-refractivity contribution in [2.75, 3.05) is 44.3 Å². The quantitative estimate of drug-likeness (QED) is 0.723. The monoisotopic (exact) mass is 430 g/mol. The summed E-state index contributed by atoms with van der Waals surface area (Å²) in [6.45, 7) is 5.37. The van der Waals surface area contributed by atoms with Gasteiger partial charge in [-0.1, -0.05) is 12.1 Å². The summed E-state index contributed by atoms with van der Waals surface area (Å²) in [5.74, 6) is -2.62. The van der Waals surface area contributed by atoms with Crippen molar-refractivity contribution >= 4 is 23.3 Å². The molecular formula is C20H25F3N2O5. The summed E-state index contributed by atoms with van der Waals surface area (Å²) >= 11 is 0. The van der Waals surface area contributed by atoms with E-state index in [1.165, 1.54) is 0 Å². The number of carboxylic acid groups (broad SMARTS) is 1. The standard InChI is InChI=1S/C18H24N2O3.C2HF3O2/c21-17-7-8-18(22)20(16-6-2-1-5-15(16)17)10-4-3-9-19-11-13-23-14-12-19;3-2(4,5)1(6)7/h1-2,5-6H,3-4,7-14H2;(H,6,7). The lowest BCUT2D eigenvalue weighted by atomic mass is 10.1. The number of benzene rings is 1. The number of amides is 1. The predicted octanol–water partition coefficient (Wildman–Crippen LogP) is 2.74. The predicted molar refractivity (Wildman–Crippen MR) is 103 cm³/mol. The number of hydrogen-bond acceptors (Lipinski definition) is 5. The first-order valence-electron chi connectivity index (χ1n) is 9.73. The Labute approximate surface area is 172 Å². The smallest absolute Gasteiger partial charge is 0.475 e. The molecule has 0 aliphatic carbocycles. The number of Topliss-reactive ketones (excluding diaryl/α,β-unsaturated/α-hetero) is 1. The lowest BCUT2D eigenvalue weighted by Gasteiger charge is -2.27. The summed E-state index contributed by atoms with van der Waals surface area (Å²) in [4.78, 5) is 37.6. The third-order valence-corrected chi connectivity index (χ3v) is 4.81. The maximum Gasteiger partial charge on any atom is 0.490 e. The number of carbonyl (C=O) groups excluding carboxylic acids is 2. The molecule has 0 bridgehead atoms. The molecule has 10 heteroatoms. The zero-order chi connectivity index (χ0) is 22.1. The molecule has 2 heterocycles. The molecule has 0 saturated carbocycles. The molecule has 0 radical (unpaired) electrons. The molecule has 0 unspecified atom stereocenters. The normalized spacial score (nSPS) is 17.6. The molecule has 0 spiro atoms. The van der Waals surface area contributed by atoms with Crippen molar-refractivity contribution in [3.05, 3.63) is 29.8 Å². The third-order valence-electron chi connectivity index (χ3n) is 4.81. The van der Waals surface area contributed by atoms with E-state index < -0.39 is 12.1 Å². The fourth-order valence-electron chi connectivity index (χ4n) is 3.24. The SMILES string of the molecule is O=C(O)C(F)(F)F.O=C1CCC(=O)N(CCCCN2CCOCC2)c2ccccc21. The third kappa shape index (κ3) is 7.10. The van der Waals surface area contributed by atoms with Crippen LogP contribution < -0.4 is 4.90 Å². The van der Waals surface area contributed by atoms with Crippen LogP contribution in [0.2, 0.25) is 0 Å². The summed E-state index contributed by atoms with van der Waals surface area (Å²) in [6, 6.07) is 7.48. The van der Waals surface area contributed by atoms with Gasteiger partial charge in [-0.25, -0.2) is 4.79 Å². The number of rotatable bonds is 5. The van der Waals surface area contributed by atoms with Gasteiger partial charge in [0.15, 0.2) is 5.78 Å². The van der Waals surface area contributed by atoms with Crippen LogP contribution in [0.25, 0.3) is 0 Å². The van der Waals surface area contributed by atoms with Crippen molar-refractivity contribution in [1.82, 2.24) is 4.90 Å². The molecule has 2 aliphatic heterocycles. The number of nitrogens with zero attached hydrogens (tertiary/aromatic N) is 2. The van der Waals surface area contributed by atoms with Crippen LogP contribution in [0, 0.1) is 0 Å². The number of fused-ring (bicyclic) bond motifs is 1. The lowest BCUT2D eigenvalue weighted by Crippen LogP contribution is -2.37. The van der Waals surface area contributed by atoms with E-state index in [-0.39, 0.29) is 11.7 Å². The zero-order valence-electron chi connectivity index (χ0n) is 16.5.